The fourth-order valence-electron chi connectivity index (χ4n) is 4.50. The van der Waals surface area contributed by atoms with Crippen LogP contribution in [0.5, 0.6) is 23.0 Å². The molecule has 0 saturated carbocycles. The van der Waals surface area contributed by atoms with Crippen LogP contribution in [0.1, 0.15) is 29.4 Å². The molecule has 0 aliphatic carbocycles. The Bertz CT molecular complexity index is 1800. The summed E-state index contributed by atoms with van der Waals surface area (Å²) in [7, 11) is 3.24. The topological polar surface area (TPSA) is 96.6 Å². The van der Waals surface area contributed by atoms with Gasteiger partial charge in [0.2, 0.25) is 0 Å². The molecular formula is C31H29FN4O5. The van der Waals surface area contributed by atoms with Crippen molar-refractivity contribution in [3.8, 4) is 28.7 Å². The summed E-state index contributed by atoms with van der Waals surface area (Å²) < 4.78 is 35.3. The number of benzene rings is 3. The first-order chi connectivity index (χ1) is 19.8. The van der Waals surface area contributed by atoms with Crippen LogP contribution in [0.25, 0.3) is 16.6 Å². The number of aromatic nitrogens is 3. The molecule has 210 valence electrons. The molecule has 0 atom stereocenters. The number of anilines is 1. The minimum atomic E-state index is -0.700. The van der Waals surface area contributed by atoms with Gasteiger partial charge in [-0.05, 0) is 49.7 Å². The maximum Gasteiger partial charge on any atom is 0.284 e. The third-order valence-electron chi connectivity index (χ3n) is 6.64. The minimum Gasteiger partial charge on any atom is -0.493 e. The maximum absolute atomic E-state index is 15.2. The molecule has 0 bridgehead atoms. The SMILES string of the molecule is CCCOc1cc2nccc(Oc3ccc(NC(=O)c4c(C)n(C)n(-c5ccccc5)c4=O)cc3F)c2cc1OC. The summed E-state index contributed by atoms with van der Waals surface area (Å²) in [6.07, 6.45) is 2.40. The van der Waals surface area contributed by atoms with Gasteiger partial charge in [0.15, 0.2) is 23.1 Å². The number of halogens is 1. The Labute approximate surface area is 235 Å². The average Bonchev–Trinajstić information content (AvgIpc) is 3.20. The van der Waals surface area contributed by atoms with Crippen LogP contribution in [0.15, 0.2) is 77.7 Å². The Balaban J connectivity index is 1.39. The van der Waals surface area contributed by atoms with Gasteiger partial charge < -0.3 is 19.5 Å². The highest BCUT2D eigenvalue weighted by atomic mass is 19.1. The highest BCUT2D eigenvalue weighted by molar-refractivity contribution is 6.05. The number of nitrogens with zero attached hydrogens (tertiary/aromatic N) is 3. The van der Waals surface area contributed by atoms with E-state index in [1.165, 1.54) is 23.9 Å². The molecule has 5 aromatic rings. The van der Waals surface area contributed by atoms with Gasteiger partial charge in [-0.25, -0.2) is 9.07 Å². The predicted octanol–water partition coefficient (Wildman–Crippen LogP) is 6.01. The number of ether oxygens (including phenoxy) is 3. The molecule has 2 heterocycles. The zero-order valence-corrected chi connectivity index (χ0v) is 23.1. The van der Waals surface area contributed by atoms with Gasteiger partial charge in [-0.1, -0.05) is 25.1 Å². The molecular weight excluding hydrogens is 527 g/mol. The lowest BCUT2D eigenvalue weighted by atomic mass is 10.1. The molecule has 2 aromatic heterocycles. The predicted molar refractivity (Wildman–Crippen MR) is 154 cm³/mol. The van der Waals surface area contributed by atoms with Gasteiger partial charge in [0.05, 0.1) is 30.6 Å². The van der Waals surface area contributed by atoms with Crippen LogP contribution in [0, 0.1) is 12.7 Å². The first kappa shape index (κ1) is 27.4. The number of hydrogen-bond donors (Lipinski definition) is 1. The molecule has 0 radical (unpaired) electrons. The number of rotatable bonds is 9. The lowest BCUT2D eigenvalue weighted by Gasteiger charge is -2.14. The molecule has 1 N–H and O–H groups in total. The fraction of sp³-hybridized carbons (Fsp3) is 0.194. The molecule has 10 heteroatoms. The third-order valence-corrected chi connectivity index (χ3v) is 6.64. The molecule has 0 aliphatic heterocycles. The molecule has 9 nitrogen and oxygen atoms in total. The second kappa shape index (κ2) is 11.5. The van der Waals surface area contributed by atoms with Gasteiger partial charge in [0, 0.05) is 36.5 Å². The highest BCUT2D eigenvalue weighted by Crippen LogP contribution is 2.38. The Morgan fingerprint density at radius 3 is 2.49 bits per heavy atom. The van der Waals surface area contributed by atoms with Crippen molar-refractivity contribution in [3.63, 3.8) is 0 Å². The van der Waals surface area contributed by atoms with Gasteiger partial charge >= 0.3 is 0 Å². The lowest BCUT2D eigenvalue weighted by Crippen LogP contribution is -2.25. The van der Waals surface area contributed by atoms with Crippen LogP contribution < -0.4 is 25.1 Å². The molecule has 3 aromatic carbocycles. The van der Waals surface area contributed by atoms with Crippen LogP contribution in [0.4, 0.5) is 10.1 Å². The van der Waals surface area contributed by atoms with Crippen LogP contribution in [0.3, 0.4) is 0 Å². The van der Waals surface area contributed by atoms with E-state index in [1.807, 2.05) is 13.0 Å². The number of hydrogen-bond acceptors (Lipinski definition) is 6. The zero-order chi connectivity index (χ0) is 29.1. The number of carbonyl (C=O) groups excluding carboxylic acids is 1. The second-order valence-corrected chi connectivity index (χ2v) is 9.32. The van der Waals surface area contributed by atoms with E-state index in [4.69, 9.17) is 14.2 Å². The summed E-state index contributed by atoms with van der Waals surface area (Å²) >= 11 is 0. The van der Waals surface area contributed by atoms with E-state index in [-0.39, 0.29) is 17.0 Å². The Morgan fingerprint density at radius 2 is 1.78 bits per heavy atom. The van der Waals surface area contributed by atoms with E-state index in [9.17, 15) is 9.59 Å². The number of nitrogens with one attached hydrogen (secondary N) is 1. The second-order valence-electron chi connectivity index (χ2n) is 9.32. The van der Waals surface area contributed by atoms with E-state index in [2.05, 4.69) is 10.3 Å². The summed E-state index contributed by atoms with van der Waals surface area (Å²) in [6.45, 7) is 4.22. The number of para-hydroxylation sites is 1. The number of pyridine rings is 1. The zero-order valence-electron chi connectivity index (χ0n) is 23.1. The van der Waals surface area contributed by atoms with Crippen molar-refractivity contribution >= 4 is 22.5 Å². The van der Waals surface area contributed by atoms with Crippen LogP contribution in [-0.2, 0) is 7.05 Å². The van der Waals surface area contributed by atoms with Gasteiger partial charge in [-0.3, -0.25) is 19.3 Å². The number of amides is 1. The van der Waals surface area contributed by atoms with Gasteiger partial charge in [-0.15, -0.1) is 0 Å². The summed E-state index contributed by atoms with van der Waals surface area (Å²) in [5.41, 5.74) is 1.36. The van der Waals surface area contributed by atoms with Crippen molar-refractivity contribution in [1.29, 1.82) is 0 Å². The minimum absolute atomic E-state index is 0.0309. The first-order valence-electron chi connectivity index (χ1n) is 13.0. The summed E-state index contributed by atoms with van der Waals surface area (Å²) in [4.78, 5) is 30.7. The Hall–Kier alpha value is -5.12. The van der Waals surface area contributed by atoms with Gasteiger partial charge in [-0.2, -0.15) is 0 Å². The quantitative estimate of drug-likeness (QED) is 0.239. The Morgan fingerprint density at radius 1 is 1.00 bits per heavy atom. The number of methoxy groups -OCH3 is 1. The highest BCUT2D eigenvalue weighted by Gasteiger charge is 2.23. The smallest absolute Gasteiger partial charge is 0.284 e. The standard InChI is InChI=1S/C31H29FN4O5/c1-5-15-40-28-18-24-22(17-27(28)39-4)25(13-14-33-24)41-26-12-11-20(16-23(26)32)34-30(37)29-19(2)35(3)36(31(29)38)21-9-7-6-8-10-21/h6-14,16-18H,5,15H2,1-4H3,(H,34,37). The molecule has 0 saturated heterocycles. The lowest BCUT2D eigenvalue weighted by molar-refractivity contribution is 0.102. The van der Waals surface area contributed by atoms with Crippen molar-refractivity contribution in [2.75, 3.05) is 19.0 Å². The monoisotopic (exact) mass is 556 g/mol. The summed E-state index contributed by atoms with van der Waals surface area (Å²) in [6, 6.07) is 18.2. The fourth-order valence-corrected chi connectivity index (χ4v) is 4.50. The van der Waals surface area contributed by atoms with Crippen molar-refractivity contribution in [2.24, 2.45) is 7.05 Å². The molecule has 5 rings (SSSR count). The number of fused-ring (bicyclic) bond motifs is 1. The average molecular weight is 557 g/mol. The first-order valence-corrected chi connectivity index (χ1v) is 13.0. The molecule has 0 fully saturated rings. The van der Waals surface area contributed by atoms with Crippen molar-refractivity contribution in [2.45, 2.75) is 20.3 Å². The summed E-state index contributed by atoms with van der Waals surface area (Å²) in [5.74, 6) is 0.0376. The molecule has 1 amide bonds. The molecule has 41 heavy (non-hydrogen) atoms. The largest absolute Gasteiger partial charge is 0.493 e. The van der Waals surface area contributed by atoms with Crippen LogP contribution in [-0.4, -0.2) is 34.0 Å². The van der Waals surface area contributed by atoms with E-state index in [0.717, 1.165) is 12.5 Å². The maximum atomic E-state index is 15.2. The van der Waals surface area contributed by atoms with E-state index in [0.29, 0.717) is 46.1 Å². The van der Waals surface area contributed by atoms with Gasteiger partial charge in [0.25, 0.3) is 11.5 Å². The Kier molecular flexibility index (Phi) is 7.73. The normalized spacial score (nSPS) is 11.0. The third kappa shape index (κ3) is 5.36. The molecule has 0 unspecified atom stereocenters. The van der Waals surface area contributed by atoms with E-state index >= 15 is 4.39 Å². The van der Waals surface area contributed by atoms with Crippen LogP contribution in [0.2, 0.25) is 0 Å². The molecule has 0 aliphatic rings. The van der Waals surface area contributed by atoms with E-state index in [1.54, 1.807) is 67.3 Å². The van der Waals surface area contributed by atoms with Crippen molar-refractivity contribution in [3.05, 3.63) is 100 Å². The van der Waals surface area contributed by atoms with Crippen LogP contribution >= 0.6 is 0 Å². The van der Waals surface area contributed by atoms with Gasteiger partial charge in [0.1, 0.15) is 11.3 Å². The summed E-state index contributed by atoms with van der Waals surface area (Å²) in [5, 5.41) is 3.24. The number of carbonyl (C=O) groups is 1. The van der Waals surface area contributed by atoms with E-state index < -0.39 is 17.3 Å². The molecule has 0 spiro atoms. The van der Waals surface area contributed by atoms with Crippen molar-refractivity contribution < 1.29 is 23.4 Å². The van der Waals surface area contributed by atoms with Crippen molar-refractivity contribution in [1.82, 2.24) is 14.3 Å².